The zero-order chi connectivity index (χ0) is 21.7. The molecule has 2 aliphatic rings. The Morgan fingerprint density at radius 1 is 1.03 bits per heavy atom. The van der Waals surface area contributed by atoms with E-state index in [1.807, 2.05) is 54.6 Å². The van der Waals surface area contributed by atoms with E-state index in [1.54, 1.807) is 23.9 Å². The van der Waals surface area contributed by atoms with Gasteiger partial charge < -0.3 is 14.8 Å². The van der Waals surface area contributed by atoms with Gasteiger partial charge in [0, 0.05) is 22.3 Å². The number of para-hydroxylation sites is 1. The number of rotatable bonds is 3. The van der Waals surface area contributed by atoms with Gasteiger partial charge in [-0.3, -0.25) is 0 Å². The molecule has 6 rings (SSSR count). The summed E-state index contributed by atoms with van der Waals surface area (Å²) in [6.07, 6.45) is 0.992. The number of fused-ring (bicyclic) bond motifs is 3. The molecule has 4 aromatic rings. The van der Waals surface area contributed by atoms with Crippen LogP contribution in [0.4, 0.5) is 10.3 Å². The lowest BCUT2D eigenvalue weighted by molar-refractivity contribution is 0.222. The molecule has 1 aromatic heterocycles. The van der Waals surface area contributed by atoms with Crippen molar-refractivity contribution < 1.29 is 13.9 Å². The van der Waals surface area contributed by atoms with E-state index < -0.39 is 12.1 Å². The molecule has 3 aromatic carbocycles. The SMILES string of the molecule is COc1cccc(C2Oc3ccccc3C3=C2C(c2ccccc2F)n2ncnc2N3)c1. The van der Waals surface area contributed by atoms with E-state index >= 15 is 4.39 Å². The Balaban J connectivity index is 1.64. The van der Waals surface area contributed by atoms with E-state index in [-0.39, 0.29) is 5.82 Å². The van der Waals surface area contributed by atoms with Gasteiger partial charge in [0.25, 0.3) is 0 Å². The number of hydrogen-bond acceptors (Lipinski definition) is 5. The monoisotopic (exact) mass is 426 g/mol. The average molecular weight is 426 g/mol. The second-order valence-electron chi connectivity index (χ2n) is 7.68. The first-order chi connectivity index (χ1) is 15.7. The molecule has 158 valence electrons. The molecule has 2 aliphatic heterocycles. The van der Waals surface area contributed by atoms with Crippen LogP contribution in [-0.4, -0.2) is 21.9 Å². The summed E-state index contributed by atoms with van der Waals surface area (Å²) < 4.78 is 28.8. The maximum Gasteiger partial charge on any atom is 0.226 e. The molecule has 6 nitrogen and oxygen atoms in total. The van der Waals surface area contributed by atoms with Gasteiger partial charge in [-0.2, -0.15) is 10.1 Å². The number of anilines is 1. The molecular formula is C25H19FN4O2. The molecule has 3 heterocycles. The van der Waals surface area contributed by atoms with Crippen LogP contribution in [0.2, 0.25) is 0 Å². The van der Waals surface area contributed by atoms with Gasteiger partial charge in [0.15, 0.2) is 0 Å². The van der Waals surface area contributed by atoms with Gasteiger partial charge in [-0.15, -0.1) is 0 Å². The average Bonchev–Trinajstić information content (AvgIpc) is 3.31. The van der Waals surface area contributed by atoms with Gasteiger partial charge >= 0.3 is 0 Å². The van der Waals surface area contributed by atoms with Gasteiger partial charge in [0.1, 0.15) is 35.8 Å². The van der Waals surface area contributed by atoms with Crippen molar-refractivity contribution in [1.29, 1.82) is 0 Å². The van der Waals surface area contributed by atoms with Crippen LogP contribution in [0.3, 0.4) is 0 Å². The summed E-state index contributed by atoms with van der Waals surface area (Å²) in [5.74, 6) is 1.71. The Bertz CT molecular complexity index is 1360. The summed E-state index contributed by atoms with van der Waals surface area (Å²) in [5, 5.41) is 7.84. The van der Waals surface area contributed by atoms with Gasteiger partial charge in [-0.1, -0.05) is 42.5 Å². The lowest BCUT2D eigenvalue weighted by atomic mass is 9.84. The largest absolute Gasteiger partial charge is 0.497 e. The molecule has 32 heavy (non-hydrogen) atoms. The van der Waals surface area contributed by atoms with Crippen LogP contribution in [0, 0.1) is 5.82 Å². The van der Waals surface area contributed by atoms with E-state index in [0.29, 0.717) is 11.5 Å². The Morgan fingerprint density at radius 2 is 1.88 bits per heavy atom. The number of benzene rings is 3. The summed E-state index contributed by atoms with van der Waals surface area (Å²) in [6, 6.07) is 21.8. The van der Waals surface area contributed by atoms with Crippen LogP contribution < -0.4 is 14.8 Å². The van der Waals surface area contributed by atoms with Gasteiger partial charge in [-0.05, 0) is 30.3 Å². The molecule has 0 radical (unpaired) electrons. The molecule has 7 heteroatoms. The van der Waals surface area contributed by atoms with E-state index in [0.717, 1.165) is 33.9 Å². The maximum absolute atomic E-state index is 15.1. The third kappa shape index (κ3) is 2.78. The van der Waals surface area contributed by atoms with Crippen LogP contribution in [0.15, 0.2) is 84.7 Å². The summed E-state index contributed by atoms with van der Waals surface area (Å²) >= 11 is 0. The van der Waals surface area contributed by atoms with Crippen LogP contribution in [0.5, 0.6) is 11.5 Å². The molecule has 2 unspecified atom stereocenters. The van der Waals surface area contributed by atoms with Crippen LogP contribution in [0.25, 0.3) is 5.70 Å². The highest BCUT2D eigenvalue weighted by molar-refractivity contribution is 5.85. The molecule has 1 N–H and O–H groups in total. The van der Waals surface area contributed by atoms with Gasteiger partial charge in [-0.25, -0.2) is 9.07 Å². The Hall–Kier alpha value is -4.13. The maximum atomic E-state index is 15.1. The normalized spacial score (nSPS) is 18.7. The molecule has 2 atom stereocenters. The van der Waals surface area contributed by atoms with Crippen LogP contribution >= 0.6 is 0 Å². The van der Waals surface area contributed by atoms with E-state index in [4.69, 9.17) is 9.47 Å². The number of aromatic nitrogens is 3. The van der Waals surface area contributed by atoms with Crippen molar-refractivity contribution in [3.8, 4) is 11.5 Å². The Labute approximate surface area is 183 Å². The third-order valence-electron chi connectivity index (χ3n) is 5.92. The predicted molar refractivity (Wildman–Crippen MR) is 118 cm³/mol. The minimum atomic E-state index is -0.533. The molecule has 0 aliphatic carbocycles. The van der Waals surface area contributed by atoms with Crippen molar-refractivity contribution in [2.45, 2.75) is 12.1 Å². The molecule has 0 saturated carbocycles. The standard InChI is InChI=1S/C25H19FN4O2/c1-31-16-8-6-7-15(13-16)24-21-22(18-10-3-5-12-20(18)32-24)29-25-27-14-28-30(25)23(21)17-9-2-4-11-19(17)26/h2-14,23-24H,1H3,(H,27,28,29). The fourth-order valence-electron chi connectivity index (χ4n) is 4.49. The van der Waals surface area contributed by atoms with Crippen molar-refractivity contribution in [2.24, 2.45) is 0 Å². The first kappa shape index (κ1) is 18.6. The molecule has 0 saturated heterocycles. The van der Waals surface area contributed by atoms with Crippen molar-refractivity contribution >= 4 is 11.6 Å². The summed E-state index contributed by atoms with van der Waals surface area (Å²) in [4.78, 5) is 4.37. The molecule has 0 fully saturated rings. The third-order valence-corrected chi connectivity index (χ3v) is 5.92. The van der Waals surface area contributed by atoms with Crippen molar-refractivity contribution in [3.05, 3.63) is 107 Å². The second-order valence-corrected chi connectivity index (χ2v) is 7.68. The minimum absolute atomic E-state index is 0.309. The first-order valence-electron chi connectivity index (χ1n) is 10.3. The van der Waals surface area contributed by atoms with Crippen LogP contribution in [-0.2, 0) is 0 Å². The first-order valence-corrected chi connectivity index (χ1v) is 10.3. The lowest BCUT2D eigenvalue weighted by Crippen LogP contribution is -2.32. The molecule has 0 amide bonds. The molecule has 0 spiro atoms. The quantitative estimate of drug-likeness (QED) is 0.500. The summed E-state index contributed by atoms with van der Waals surface area (Å²) in [5.41, 5.74) is 4.02. The number of ether oxygens (including phenoxy) is 2. The number of hydrogen-bond donors (Lipinski definition) is 1. The van der Waals surface area contributed by atoms with E-state index in [1.165, 1.54) is 12.4 Å². The number of nitrogens with one attached hydrogen (secondary N) is 1. The number of nitrogens with zero attached hydrogens (tertiary/aromatic N) is 3. The molecular weight excluding hydrogens is 407 g/mol. The van der Waals surface area contributed by atoms with Gasteiger partial charge in [0.05, 0.1) is 12.8 Å². The van der Waals surface area contributed by atoms with Gasteiger partial charge in [0.2, 0.25) is 5.95 Å². The lowest BCUT2D eigenvalue weighted by Gasteiger charge is -2.39. The topological polar surface area (TPSA) is 61.2 Å². The predicted octanol–water partition coefficient (Wildman–Crippen LogP) is 4.99. The Kier molecular flexibility index (Phi) is 4.21. The fraction of sp³-hybridized carbons (Fsp3) is 0.120. The van der Waals surface area contributed by atoms with Crippen molar-refractivity contribution in [3.63, 3.8) is 0 Å². The van der Waals surface area contributed by atoms with E-state index in [2.05, 4.69) is 15.4 Å². The Morgan fingerprint density at radius 3 is 2.75 bits per heavy atom. The highest BCUT2D eigenvalue weighted by Gasteiger charge is 2.41. The highest BCUT2D eigenvalue weighted by Crippen LogP contribution is 2.51. The van der Waals surface area contributed by atoms with E-state index in [9.17, 15) is 0 Å². The smallest absolute Gasteiger partial charge is 0.226 e. The van der Waals surface area contributed by atoms with Crippen molar-refractivity contribution in [1.82, 2.24) is 14.8 Å². The highest BCUT2D eigenvalue weighted by atomic mass is 19.1. The number of methoxy groups -OCH3 is 1. The zero-order valence-electron chi connectivity index (χ0n) is 17.2. The summed E-state index contributed by atoms with van der Waals surface area (Å²) in [7, 11) is 1.63. The van der Waals surface area contributed by atoms with Crippen molar-refractivity contribution in [2.75, 3.05) is 12.4 Å². The minimum Gasteiger partial charge on any atom is -0.497 e. The fourth-order valence-corrected chi connectivity index (χ4v) is 4.49. The number of halogens is 1. The molecule has 0 bridgehead atoms. The summed E-state index contributed by atoms with van der Waals surface area (Å²) in [6.45, 7) is 0. The van der Waals surface area contributed by atoms with Crippen LogP contribution in [0.1, 0.15) is 28.8 Å². The second kappa shape index (κ2) is 7.23. The zero-order valence-corrected chi connectivity index (χ0v) is 17.2.